The fourth-order valence-electron chi connectivity index (χ4n) is 0.971. The third-order valence-corrected chi connectivity index (χ3v) is 1.70. The minimum Gasteiger partial charge on any atom is -0.308 e. The van der Waals surface area contributed by atoms with Crippen molar-refractivity contribution >= 4 is 17.8 Å². The number of urea groups is 1. The average Bonchev–Trinajstić information content (AvgIpc) is 2.36. The summed E-state index contributed by atoms with van der Waals surface area (Å²) in [5.74, 6) is 0. The molecular formula is C11H6F6N4O2. The molecule has 1 aromatic rings. The van der Waals surface area contributed by atoms with Gasteiger partial charge in [-0.15, -0.1) is 18.2 Å². The number of amides is 2. The topological polar surface area (TPSA) is 94.4 Å². The van der Waals surface area contributed by atoms with Gasteiger partial charge in [0.1, 0.15) is 0 Å². The Balaban J connectivity index is 0.000000585. The summed E-state index contributed by atoms with van der Waals surface area (Å²) >= 11 is 0. The molecule has 23 heavy (non-hydrogen) atoms. The predicted octanol–water partition coefficient (Wildman–Crippen LogP) is 3.04. The first kappa shape index (κ1) is 19.9. The molecular weight excluding hydrogens is 334 g/mol. The quantitative estimate of drug-likeness (QED) is 0.356. The van der Waals surface area contributed by atoms with Gasteiger partial charge in [-0.2, -0.15) is 18.4 Å². The summed E-state index contributed by atoms with van der Waals surface area (Å²) in [6, 6.07) is 5.87. The lowest BCUT2D eigenvalue weighted by Crippen LogP contribution is -2.40. The summed E-state index contributed by atoms with van der Waals surface area (Å²) in [5.41, 5.74) is 0.516. The number of nitrogens with one attached hydrogen (secondary N) is 2. The average molecular weight is 340 g/mol. The fourth-order valence-corrected chi connectivity index (χ4v) is 0.971. The Kier molecular flexibility index (Phi) is 7.28. The number of carbonyl (C=O) groups is 1. The van der Waals surface area contributed by atoms with E-state index in [1.54, 1.807) is 0 Å². The standard InChI is InChI=1S/C9H6F3N3O.C2F3NO/c10-9(11,12)15-8(16)14-7-3-1-6(5-13)2-4-7;3-2(4,5)6-1-7/h1-4H,(H2,14,15,16);. The molecule has 0 spiro atoms. The van der Waals surface area contributed by atoms with Crippen LogP contribution in [0.1, 0.15) is 5.56 Å². The zero-order chi connectivity index (χ0) is 18.1. The second-order valence-corrected chi connectivity index (χ2v) is 3.44. The molecule has 2 N–H and O–H groups in total. The molecule has 0 unspecified atom stereocenters. The van der Waals surface area contributed by atoms with Crippen molar-refractivity contribution < 1.29 is 35.9 Å². The van der Waals surface area contributed by atoms with Crippen LogP contribution in [0.5, 0.6) is 0 Å². The van der Waals surface area contributed by atoms with Crippen molar-refractivity contribution in [2.24, 2.45) is 4.99 Å². The van der Waals surface area contributed by atoms with Gasteiger partial charge in [0.15, 0.2) is 0 Å². The molecule has 124 valence electrons. The highest BCUT2D eigenvalue weighted by molar-refractivity contribution is 5.89. The smallest absolute Gasteiger partial charge is 0.308 e. The molecule has 0 saturated carbocycles. The Bertz CT molecular complexity index is 611. The van der Waals surface area contributed by atoms with E-state index in [1.165, 1.54) is 29.3 Å². The maximum atomic E-state index is 11.7. The van der Waals surface area contributed by atoms with Crippen LogP contribution in [0.15, 0.2) is 29.3 Å². The van der Waals surface area contributed by atoms with Crippen molar-refractivity contribution in [3.8, 4) is 6.07 Å². The first-order valence-corrected chi connectivity index (χ1v) is 5.28. The van der Waals surface area contributed by atoms with Gasteiger partial charge in [0.25, 0.3) is 0 Å². The van der Waals surface area contributed by atoms with E-state index >= 15 is 0 Å². The van der Waals surface area contributed by atoms with E-state index in [1.807, 2.05) is 11.4 Å². The summed E-state index contributed by atoms with van der Waals surface area (Å²) in [5, 5.41) is 11.2. The van der Waals surface area contributed by atoms with E-state index in [0.29, 0.717) is 11.6 Å². The lowest BCUT2D eigenvalue weighted by Gasteiger charge is -2.09. The van der Waals surface area contributed by atoms with Crippen LogP contribution < -0.4 is 10.6 Å². The van der Waals surface area contributed by atoms with Gasteiger partial charge >= 0.3 is 18.6 Å². The van der Waals surface area contributed by atoms with Crippen molar-refractivity contribution in [3.63, 3.8) is 0 Å². The molecule has 0 atom stereocenters. The van der Waals surface area contributed by atoms with Gasteiger partial charge in [-0.05, 0) is 24.3 Å². The van der Waals surface area contributed by atoms with Crippen LogP contribution in [0.3, 0.4) is 0 Å². The molecule has 1 aromatic carbocycles. The van der Waals surface area contributed by atoms with Gasteiger partial charge < -0.3 is 5.32 Å². The number of anilines is 1. The number of benzene rings is 1. The van der Waals surface area contributed by atoms with Crippen molar-refractivity contribution in [2.75, 3.05) is 5.32 Å². The molecule has 0 heterocycles. The minimum atomic E-state index is -4.77. The highest BCUT2D eigenvalue weighted by Gasteiger charge is 2.29. The lowest BCUT2D eigenvalue weighted by atomic mass is 10.2. The number of aliphatic imine (C=N–C) groups is 1. The van der Waals surface area contributed by atoms with E-state index < -0.39 is 18.6 Å². The molecule has 0 bridgehead atoms. The zero-order valence-corrected chi connectivity index (χ0v) is 10.8. The third-order valence-electron chi connectivity index (χ3n) is 1.70. The van der Waals surface area contributed by atoms with Gasteiger partial charge in [-0.25, -0.2) is 14.9 Å². The molecule has 6 nitrogen and oxygen atoms in total. The highest BCUT2D eigenvalue weighted by atomic mass is 19.4. The van der Waals surface area contributed by atoms with Crippen molar-refractivity contribution in [2.45, 2.75) is 12.6 Å². The number of hydrogen-bond donors (Lipinski definition) is 2. The largest absolute Gasteiger partial charge is 0.513 e. The second kappa shape index (κ2) is 8.40. The van der Waals surface area contributed by atoms with Crippen molar-refractivity contribution in [1.29, 1.82) is 5.26 Å². The molecule has 0 aliphatic carbocycles. The van der Waals surface area contributed by atoms with Gasteiger partial charge in [-0.3, -0.25) is 0 Å². The molecule has 0 aromatic heterocycles. The van der Waals surface area contributed by atoms with E-state index in [4.69, 9.17) is 10.1 Å². The Morgan fingerprint density at radius 3 is 1.91 bits per heavy atom. The summed E-state index contributed by atoms with van der Waals surface area (Å²) in [7, 11) is 0. The van der Waals surface area contributed by atoms with Gasteiger partial charge in [-0.1, -0.05) is 0 Å². The normalized spacial score (nSPS) is 10.3. The Labute approximate surface area is 124 Å². The first-order chi connectivity index (χ1) is 10.5. The number of rotatable bonds is 1. The molecule has 0 aliphatic rings. The Hall–Kier alpha value is -3.06. The maximum Gasteiger partial charge on any atom is 0.513 e. The molecule has 12 heteroatoms. The summed E-state index contributed by atoms with van der Waals surface area (Å²) in [6.45, 7) is 0. The summed E-state index contributed by atoms with van der Waals surface area (Å²) in [4.78, 5) is 21.0. The van der Waals surface area contributed by atoms with Crippen LogP contribution in [-0.4, -0.2) is 24.7 Å². The second-order valence-electron chi connectivity index (χ2n) is 3.44. The summed E-state index contributed by atoms with van der Waals surface area (Å²) < 4.78 is 67.0. The highest BCUT2D eigenvalue weighted by Crippen LogP contribution is 2.14. The number of nitrogens with zero attached hydrogens (tertiary/aromatic N) is 2. The van der Waals surface area contributed by atoms with Gasteiger partial charge in [0.2, 0.25) is 6.08 Å². The minimum absolute atomic E-state index is 0.167. The van der Waals surface area contributed by atoms with Crippen LogP contribution in [-0.2, 0) is 4.79 Å². The van der Waals surface area contributed by atoms with Crippen LogP contribution >= 0.6 is 0 Å². The number of nitriles is 1. The molecule has 0 fully saturated rings. The monoisotopic (exact) mass is 340 g/mol. The van der Waals surface area contributed by atoms with Crippen molar-refractivity contribution in [3.05, 3.63) is 29.8 Å². The number of isocyanates is 1. The molecule has 0 saturated heterocycles. The SMILES string of the molecule is N#Cc1ccc(NC(=O)NC(F)(F)F)cc1.O=C=NC(F)(F)F. The molecule has 2 amide bonds. The maximum absolute atomic E-state index is 11.7. The lowest BCUT2D eigenvalue weighted by molar-refractivity contribution is -0.144. The van der Waals surface area contributed by atoms with E-state index in [9.17, 15) is 31.1 Å². The summed E-state index contributed by atoms with van der Waals surface area (Å²) in [6.07, 6.45) is -9.16. The number of halogens is 6. The number of hydrogen-bond acceptors (Lipinski definition) is 4. The Morgan fingerprint density at radius 2 is 1.61 bits per heavy atom. The van der Waals surface area contributed by atoms with Crippen LogP contribution in [0, 0.1) is 11.3 Å². The number of carbonyl (C=O) groups excluding carboxylic acids is 2. The molecule has 0 aliphatic heterocycles. The third kappa shape index (κ3) is 11.3. The molecule has 1 rings (SSSR count). The number of alkyl halides is 6. The van der Waals surface area contributed by atoms with Crippen LogP contribution in [0.25, 0.3) is 0 Å². The van der Waals surface area contributed by atoms with Gasteiger partial charge in [0.05, 0.1) is 11.6 Å². The van der Waals surface area contributed by atoms with Gasteiger partial charge in [0, 0.05) is 5.69 Å². The zero-order valence-electron chi connectivity index (χ0n) is 10.8. The van der Waals surface area contributed by atoms with Crippen LogP contribution in [0.2, 0.25) is 0 Å². The molecule has 0 radical (unpaired) electrons. The first-order valence-electron chi connectivity index (χ1n) is 5.28. The van der Waals surface area contributed by atoms with E-state index in [0.717, 1.165) is 5.32 Å². The van der Waals surface area contributed by atoms with E-state index in [2.05, 4.69) is 0 Å². The van der Waals surface area contributed by atoms with Crippen LogP contribution in [0.4, 0.5) is 36.8 Å². The fraction of sp³-hybridized carbons (Fsp3) is 0.182. The predicted molar refractivity (Wildman–Crippen MR) is 63.5 cm³/mol. The Morgan fingerprint density at radius 1 is 1.09 bits per heavy atom. The van der Waals surface area contributed by atoms with Crippen molar-refractivity contribution in [1.82, 2.24) is 5.32 Å². The van der Waals surface area contributed by atoms with E-state index in [-0.39, 0.29) is 5.69 Å².